The maximum Gasteiger partial charge on any atom is 0.171 e. The van der Waals surface area contributed by atoms with Crippen LogP contribution in [0.25, 0.3) is 0 Å². The minimum Gasteiger partial charge on any atom is -0.360 e. The number of benzene rings is 1. The van der Waals surface area contributed by atoms with E-state index in [0.717, 1.165) is 23.6 Å². The molecule has 0 saturated heterocycles. The smallest absolute Gasteiger partial charge is 0.171 e. The molecule has 4 nitrogen and oxygen atoms in total. The first-order chi connectivity index (χ1) is 12.0. The van der Waals surface area contributed by atoms with Crippen molar-refractivity contribution in [2.45, 2.75) is 65.5 Å². The zero-order chi connectivity index (χ0) is 17.8. The van der Waals surface area contributed by atoms with Gasteiger partial charge in [0.05, 0.1) is 23.6 Å². The van der Waals surface area contributed by atoms with Crippen LogP contribution in [-0.2, 0) is 6.54 Å². The first kappa shape index (κ1) is 17.9. The minimum atomic E-state index is 0.511. The quantitative estimate of drug-likeness (QED) is 0.793. The molecule has 1 aromatic heterocycles. The number of hydrogen-bond donors (Lipinski definition) is 2. The molecule has 134 valence electrons. The van der Waals surface area contributed by atoms with Crippen LogP contribution in [-0.4, -0.2) is 20.9 Å². The second-order valence-corrected chi connectivity index (χ2v) is 7.53. The summed E-state index contributed by atoms with van der Waals surface area (Å²) in [6.07, 6.45) is 6.38. The summed E-state index contributed by atoms with van der Waals surface area (Å²) in [7, 11) is 0. The monoisotopic (exact) mass is 356 g/mol. The third-order valence-electron chi connectivity index (χ3n) is 5.01. The first-order valence-corrected chi connectivity index (χ1v) is 9.61. The predicted octanol–water partition coefficient (Wildman–Crippen LogP) is 4.48. The molecule has 25 heavy (non-hydrogen) atoms. The van der Waals surface area contributed by atoms with Gasteiger partial charge >= 0.3 is 0 Å². The number of thiocarbonyl (C=S) groups is 1. The van der Waals surface area contributed by atoms with Gasteiger partial charge in [-0.1, -0.05) is 49.1 Å². The van der Waals surface area contributed by atoms with E-state index >= 15 is 0 Å². The highest BCUT2D eigenvalue weighted by atomic mass is 32.1. The molecule has 0 bridgehead atoms. The van der Waals surface area contributed by atoms with Crippen molar-refractivity contribution in [3.05, 3.63) is 46.8 Å². The lowest BCUT2D eigenvalue weighted by molar-refractivity contribution is 0.415. The molecule has 0 atom stereocenters. The Bertz CT molecular complexity index is 727. The van der Waals surface area contributed by atoms with E-state index in [9.17, 15) is 0 Å². The minimum absolute atomic E-state index is 0.511. The molecule has 0 spiro atoms. The fraction of sp³-hybridized carbons (Fsp3) is 0.500. The summed E-state index contributed by atoms with van der Waals surface area (Å²) in [6.45, 7) is 7.01. The molecule has 0 amide bonds. The van der Waals surface area contributed by atoms with Crippen molar-refractivity contribution in [1.29, 1.82) is 0 Å². The molecule has 2 N–H and O–H groups in total. The van der Waals surface area contributed by atoms with Gasteiger partial charge in [0.2, 0.25) is 0 Å². The Kier molecular flexibility index (Phi) is 5.74. The SMILES string of the molecule is Cc1ccc(Cn2nc(C)c(NC(=S)NC3CCCCC3)c2C)cc1. The Hall–Kier alpha value is -1.88. The van der Waals surface area contributed by atoms with Crippen LogP contribution in [0.15, 0.2) is 24.3 Å². The van der Waals surface area contributed by atoms with Gasteiger partial charge in [-0.2, -0.15) is 5.10 Å². The van der Waals surface area contributed by atoms with Crippen LogP contribution in [0.3, 0.4) is 0 Å². The summed E-state index contributed by atoms with van der Waals surface area (Å²) >= 11 is 5.53. The van der Waals surface area contributed by atoms with E-state index < -0.39 is 0 Å². The zero-order valence-corrected chi connectivity index (χ0v) is 16.2. The lowest BCUT2D eigenvalue weighted by Crippen LogP contribution is -2.39. The Morgan fingerprint density at radius 3 is 2.48 bits per heavy atom. The predicted molar refractivity (Wildman–Crippen MR) is 108 cm³/mol. The van der Waals surface area contributed by atoms with Crippen LogP contribution >= 0.6 is 12.2 Å². The second kappa shape index (κ2) is 8.00. The molecule has 1 aliphatic carbocycles. The average Bonchev–Trinajstić information content (AvgIpc) is 2.85. The number of aryl methyl sites for hydroxylation is 2. The molecule has 1 fully saturated rings. The first-order valence-electron chi connectivity index (χ1n) is 9.20. The Balaban J connectivity index is 1.66. The van der Waals surface area contributed by atoms with Crippen LogP contribution in [0.4, 0.5) is 5.69 Å². The third-order valence-corrected chi connectivity index (χ3v) is 5.23. The van der Waals surface area contributed by atoms with Gasteiger partial charge < -0.3 is 10.6 Å². The number of rotatable bonds is 4. The van der Waals surface area contributed by atoms with E-state index in [0.29, 0.717) is 11.2 Å². The molecule has 0 aliphatic heterocycles. The average molecular weight is 357 g/mol. The van der Waals surface area contributed by atoms with Crippen molar-refractivity contribution in [3.8, 4) is 0 Å². The van der Waals surface area contributed by atoms with Gasteiger partial charge in [0, 0.05) is 6.04 Å². The molecule has 1 saturated carbocycles. The Morgan fingerprint density at radius 1 is 1.12 bits per heavy atom. The number of nitrogens with zero attached hydrogens (tertiary/aromatic N) is 2. The summed E-state index contributed by atoms with van der Waals surface area (Å²) in [5, 5.41) is 12.3. The van der Waals surface area contributed by atoms with Crippen LogP contribution in [0, 0.1) is 20.8 Å². The molecule has 1 heterocycles. The molecule has 0 unspecified atom stereocenters. The largest absolute Gasteiger partial charge is 0.360 e. The summed E-state index contributed by atoms with van der Waals surface area (Å²) in [6, 6.07) is 9.12. The van der Waals surface area contributed by atoms with Crippen molar-refractivity contribution >= 4 is 23.0 Å². The topological polar surface area (TPSA) is 41.9 Å². The second-order valence-electron chi connectivity index (χ2n) is 7.12. The van der Waals surface area contributed by atoms with Gasteiger partial charge in [0.25, 0.3) is 0 Å². The van der Waals surface area contributed by atoms with Crippen LogP contribution in [0.5, 0.6) is 0 Å². The van der Waals surface area contributed by atoms with Crippen molar-refractivity contribution < 1.29 is 0 Å². The van der Waals surface area contributed by atoms with Crippen LogP contribution in [0.1, 0.15) is 54.6 Å². The van der Waals surface area contributed by atoms with E-state index in [1.807, 2.05) is 11.6 Å². The maximum absolute atomic E-state index is 5.53. The highest BCUT2D eigenvalue weighted by Gasteiger charge is 2.17. The number of anilines is 1. The fourth-order valence-corrected chi connectivity index (χ4v) is 3.75. The standard InChI is InChI=1S/C20H28N4S/c1-14-9-11-17(12-10-14)13-24-16(3)19(15(2)23-24)22-20(25)21-18-7-5-4-6-8-18/h9-12,18H,4-8,13H2,1-3H3,(H2,21,22,25). The van der Waals surface area contributed by atoms with Crippen LogP contribution < -0.4 is 10.6 Å². The van der Waals surface area contributed by atoms with Crippen molar-refractivity contribution in [2.75, 3.05) is 5.32 Å². The normalized spacial score (nSPS) is 15.2. The van der Waals surface area contributed by atoms with E-state index in [1.165, 1.54) is 43.2 Å². The number of aromatic nitrogens is 2. The van der Waals surface area contributed by atoms with E-state index in [-0.39, 0.29) is 0 Å². The Labute approximate surface area is 156 Å². The highest BCUT2D eigenvalue weighted by Crippen LogP contribution is 2.21. The van der Waals surface area contributed by atoms with Crippen molar-refractivity contribution in [1.82, 2.24) is 15.1 Å². The molecule has 5 heteroatoms. The van der Waals surface area contributed by atoms with E-state index in [2.05, 4.69) is 48.7 Å². The molecule has 0 radical (unpaired) electrons. The molecule has 1 aliphatic rings. The number of hydrogen-bond acceptors (Lipinski definition) is 2. The molecular formula is C20H28N4S. The van der Waals surface area contributed by atoms with Gasteiger partial charge in [-0.3, -0.25) is 4.68 Å². The number of nitrogens with one attached hydrogen (secondary N) is 2. The summed E-state index contributed by atoms with van der Waals surface area (Å²) in [5.74, 6) is 0. The van der Waals surface area contributed by atoms with Crippen molar-refractivity contribution in [2.24, 2.45) is 0 Å². The lowest BCUT2D eigenvalue weighted by Gasteiger charge is -2.24. The summed E-state index contributed by atoms with van der Waals surface area (Å²) in [4.78, 5) is 0. The van der Waals surface area contributed by atoms with Crippen LogP contribution in [0.2, 0.25) is 0 Å². The van der Waals surface area contributed by atoms with Gasteiger partial charge in [0.15, 0.2) is 5.11 Å². The maximum atomic E-state index is 5.53. The van der Waals surface area contributed by atoms with Gasteiger partial charge in [-0.15, -0.1) is 0 Å². The van der Waals surface area contributed by atoms with Crippen molar-refractivity contribution in [3.63, 3.8) is 0 Å². The molecule has 1 aromatic carbocycles. The molecular weight excluding hydrogens is 328 g/mol. The van der Waals surface area contributed by atoms with E-state index in [1.54, 1.807) is 0 Å². The molecule has 3 rings (SSSR count). The highest BCUT2D eigenvalue weighted by molar-refractivity contribution is 7.80. The third kappa shape index (κ3) is 4.60. The fourth-order valence-electron chi connectivity index (χ4n) is 3.48. The van der Waals surface area contributed by atoms with Gasteiger partial charge in [0.1, 0.15) is 0 Å². The lowest BCUT2D eigenvalue weighted by atomic mass is 9.96. The summed E-state index contributed by atoms with van der Waals surface area (Å²) < 4.78 is 2.05. The molecule has 2 aromatic rings. The van der Waals surface area contributed by atoms with Gasteiger partial charge in [-0.05, 0) is 51.4 Å². The Morgan fingerprint density at radius 2 is 1.80 bits per heavy atom. The van der Waals surface area contributed by atoms with Gasteiger partial charge in [-0.25, -0.2) is 0 Å². The summed E-state index contributed by atoms with van der Waals surface area (Å²) in [5.41, 5.74) is 5.66. The van der Waals surface area contributed by atoms with E-state index in [4.69, 9.17) is 17.3 Å². The zero-order valence-electron chi connectivity index (χ0n) is 15.4.